The lowest BCUT2D eigenvalue weighted by molar-refractivity contribution is -0.125. The number of sulfone groups is 1. The molecule has 35 heavy (non-hydrogen) atoms. The number of aliphatic imine (C=N–C) groups is 1. The number of carbonyl (C=O) groups is 2. The Hall–Kier alpha value is -2.92. The first-order chi connectivity index (χ1) is 16.6. The maximum absolute atomic E-state index is 12.4. The van der Waals surface area contributed by atoms with Gasteiger partial charge in [-0.25, -0.2) is 13.2 Å². The molecule has 0 unspecified atom stereocenters. The Balaban J connectivity index is 1.48. The zero-order valence-corrected chi connectivity index (χ0v) is 21.1. The Labute approximate surface area is 213 Å². The zero-order valence-electron chi connectivity index (χ0n) is 18.8. The van der Waals surface area contributed by atoms with E-state index < -0.39 is 15.9 Å². The number of benzene rings is 2. The number of amides is 2. The fourth-order valence-electron chi connectivity index (χ4n) is 3.35. The molecule has 2 aromatic carbocycles. The summed E-state index contributed by atoms with van der Waals surface area (Å²) in [5.41, 5.74) is 1.56. The van der Waals surface area contributed by atoms with Crippen molar-refractivity contribution in [1.29, 1.82) is 0 Å². The number of likely N-dealkylation sites (N-methyl/N-ethyl adjacent to an activating group) is 1. The van der Waals surface area contributed by atoms with Crippen molar-refractivity contribution >= 4 is 50.9 Å². The van der Waals surface area contributed by atoms with Gasteiger partial charge in [0.1, 0.15) is 11.7 Å². The van der Waals surface area contributed by atoms with Gasteiger partial charge in [0.25, 0.3) is 0 Å². The minimum atomic E-state index is -3.69. The normalized spacial score (nSPS) is 13.8. The van der Waals surface area contributed by atoms with Crippen molar-refractivity contribution in [2.75, 3.05) is 32.6 Å². The maximum Gasteiger partial charge on any atom is 0.413 e. The van der Waals surface area contributed by atoms with Crippen molar-refractivity contribution in [1.82, 2.24) is 15.1 Å². The van der Waals surface area contributed by atoms with Crippen LogP contribution in [-0.2, 0) is 21.2 Å². The third-order valence-corrected chi connectivity index (χ3v) is 7.39. The molecule has 0 aliphatic carbocycles. The Kier molecular flexibility index (Phi) is 8.90. The molecule has 1 aliphatic heterocycles. The fourth-order valence-corrected chi connectivity index (χ4v) is 5.27. The van der Waals surface area contributed by atoms with Crippen molar-refractivity contribution in [3.63, 3.8) is 0 Å². The molecule has 2 N–H and O–H groups in total. The second-order valence-corrected chi connectivity index (χ2v) is 10.5. The largest absolute Gasteiger partial charge is 0.465 e. The molecule has 0 bridgehead atoms. The van der Waals surface area contributed by atoms with Gasteiger partial charge in [0.15, 0.2) is 9.84 Å². The van der Waals surface area contributed by atoms with Crippen LogP contribution in [0.4, 0.5) is 4.79 Å². The van der Waals surface area contributed by atoms with Crippen LogP contribution in [0.2, 0.25) is 10.0 Å². The lowest BCUT2D eigenvalue weighted by atomic mass is 10.1. The summed E-state index contributed by atoms with van der Waals surface area (Å²) in [6.45, 7) is 1.27. The summed E-state index contributed by atoms with van der Waals surface area (Å²) in [7, 11) is -2.04. The molecule has 0 spiro atoms. The van der Waals surface area contributed by atoms with E-state index in [0.29, 0.717) is 31.0 Å². The minimum Gasteiger partial charge on any atom is -0.465 e. The number of hydrogen-bond donors (Lipinski definition) is 2. The molecule has 2 aromatic rings. The van der Waals surface area contributed by atoms with Gasteiger partial charge < -0.3 is 10.0 Å². The molecule has 0 saturated heterocycles. The smallest absolute Gasteiger partial charge is 0.413 e. The first kappa shape index (κ1) is 26.7. The number of halogens is 2. The lowest BCUT2D eigenvalue weighted by Gasteiger charge is -2.17. The Morgan fingerprint density at radius 3 is 2.60 bits per heavy atom. The molecule has 0 radical (unpaired) electrons. The first-order valence-corrected chi connectivity index (χ1v) is 12.9. The van der Waals surface area contributed by atoms with Crippen molar-refractivity contribution in [2.45, 2.75) is 11.4 Å². The maximum atomic E-state index is 12.4. The van der Waals surface area contributed by atoms with Crippen LogP contribution in [-0.4, -0.2) is 73.7 Å². The molecular weight excluding hydrogens is 515 g/mol. The van der Waals surface area contributed by atoms with Gasteiger partial charge in [0, 0.05) is 36.8 Å². The van der Waals surface area contributed by atoms with Crippen molar-refractivity contribution in [3.05, 3.63) is 75.8 Å². The second-order valence-electron chi connectivity index (χ2n) is 7.72. The van der Waals surface area contributed by atoms with Gasteiger partial charge in [-0.1, -0.05) is 53.5 Å². The van der Waals surface area contributed by atoms with Crippen molar-refractivity contribution in [3.8, 4) is 0 Å². The van der Waals surface area contributed by atoms with Gasteiger partial charge in [0.2, 0.25) is 5.91 Å². The van der Waals surface area contributed by atoms with Crippen molar-refractivity contribution in [2.24, 2.45) is 4.99 Å². The average Bonchev–Trinajstić information content (AvgIpc) is 3.31. The van der Waals surface area contributed by atoms with Crippen LogP contribution in [0.3, 0.4) is 0 Å². The Bertz CT molecular complexity index is 1260. The Morgan fingerprint density at radius 1 is 1.20 bits per heavy atom. The topological polar surface area (TPSA) is 119 Å². The summed E-state index contributed by atoms with van der Waals surface area (Å²) < 4.78 is 24.9. The SMILES string of the molecule is CN(Cc1ccc(C2=NCCN2C(=O)O)cc1)C(=O)/C=C/CNCS(=O)(=O)c1cc(Cl)ccc1Cl. The first-order valence-electron chi connectivity index (χ1n) is 10.5. The summed E-state index contributed by atoms with van der Waals surface area (Å²) in [6.07, 6.45) is 1.86. The highest BCUT2D eigenvalue weighted by molar-refractivity contribution is 7.91. The number of carbonyl (C=O) groups excluding carboxylic acids is 1. The van der Waals surface area contributed by atoms with Gasteiger partial charge in [0.05, 0.1) is 23.0 Å². The van der Waals surface area contributed by atoms with E-state index in [1.807, 2.05) is 12.1 Å². The molecule has 3 rings (SSSR count). The molecule has 186 valence electrons. The van der Waals surface area contributed by atoms with Gasteiger partial charge in [-0.2, -0.15) is 0 Å². The van der Waals surface area contributed by atoms with E-state index in [-0.39, 0.29) is 33.3 Å². The number of hydrogen-bond acceptors (Lipinski definition) is 6. The molecule has 2 amide bonds. The highest BCUT2D eigenvalue weighted by atomic mass is 35.5. The monoisotopic (exact) mass is 538 g/mol. The quantitative estimate of drug-likeness (QED) is 0.373. The molecule has 1 aliphatic rings. The standard InChI is InChI=1S/C23H24Cl2N4O5S/c1-28(14-16-4-6-17(7-5-16)22-27-11-12-29(22)23(31)32)21(30)3-2-10-26-15-35(33,34)20-13-18(24)8-9-19(20)25/h2-9,13,26H,10-12,14-15H2,1H3,(H,31,32)/b3-2+. The third kappa shape index (κ3) is 7.04. The second kappa shape index (κ2) is 11.7. The molecule has 9 nitrogen and oxygen atoms in total. The fraction of sp³-hybridized carbons (Fsp3) is 0.261. The summed E-state index contributed by atoms with van der Waals surface area (Å²) in [6, 6.07) is 11.4. The van der Waals surface area contributed by atoms with Crippen LogP contribution in [0, 0.1) is 0 Å². The summed E-state index contributed by atoms with van der Waals surface area (Å²) in [5, 5.41) is 12.4. The van der Waals surface area contributed by atoms with E-state index in [0.717, 1.165) is 5.56 Å². The molecule has 12 heteroatoms. The van der Waals surface area contributed by atoms with Gasteiger partial charge >= 0.3 is 6.09 Å². The van der Waals surface area contributed by atoms with E-state index >= 15 is 0 Å². The number of carboxylic acid groups (broad SMARTS) is 1. The van der Waals surface area contributed by atoms with E-state index in [1.165, 1.54) is 40.2 Å². The minimum absolute atomic E-state index is 0.0550. The molecule has 0 aromatic heterocycles. The summed E-state index contributed by atoms with van der Waals surface area (Å²) >= 11 is 11.8. The van der Waals surface area contributed by atoms with Crippen LogP contribution in [0.25, 0.3) is 0 Å². The highest BCUT2D eigenvalue weighted by Crippen LogP contribution is 2.25. The third-order valence-electron chi connectivity index (χ3n) is 5.12. The highest BCUT2D eigenvalue weighted by Gasteiger charge is 2.24. The van der Waals surface area contributed by atoms with Gasteiger partial charge in [-0.15, -0.1) is 0 Å². The lowest BCUT2D eigenvalue weighted by Crippen LogP contribution is -2.33. The number of nitrogens with zero attached hydrogens (tertiary/aromatic N) is 3. The molecular formula is C23H24Cl2N4O5S. The molecule has 0 fully saturated rings. The van der Waals surface area contributed by atoms with E-state index in [2.05, 4.69) is 10.3 Å². The Morgan fingerprint density at radius 2 is 1.91 bits per heavy atom. The summed E-state index contributed by atoms with van der Waals surface area (Å²) in [4.78, 5) is 30.6. The average molecular weight is 539 g/mol. The number of rotatable bonds is 9. The van der Waals surface area contributed by atoms with E-state index in [4.69, 9.17) is 23.2 Å². The predicted molar refractivity (Wildman–Crippen MR) is 135 cm³/mol. The van der Waals surface area contributed by atoms with Crippen LogP contribution >= 0.6 is 23.2 Å². The van der Waals surface area contributed by atoms with Crippen LogP contribution in [0.15, 0.2) is 64.5 Å². The number of amidine groups is 1. The molecule has 0 saturated carbocycles. The van der Waals surface area contributed by atoms with Crippen LogP contribution < -0.4 is 5.32 Å². The van der Waals surface area contributed by atoms with E-state index in [1.54, 1.807) is 19.2 Å². The zero-order chi connectivity index (χ0) is 25.6. The molecule has 0 atom stereocenters. The van der Waals surface area contributed by atoms with Crippen molar-refractivity contribution < 1.29 is 23.1 Å². The predicted octanol–water partition coefficient (Wildman–Crippen LogP) is 3.27. The van der Waals surface area contributed by atoms with Crippen LogP contribution in [0.1, 0.15) is 11.1 Å². The van der Waals surface area contributed by atoms with Gasteiger partial charge in [-0.3, -0.25) is 20.0 Å². The number of nitrogens with one attached hydrogen (secondary N) is 1. The molecule has 1 heterocycles. The summed E-state index contributed by atoms with van der Waals surface area (Å²) in [5.74, 6) is -0.198. The van der Waals surface area contributed by atoms with Crippen LogP contribution in [0.5, 0.6) is 0 Å². The van der Waals surface area contributed by atoms with Gasteiger partial charge in [-0.05, 0) is 23.8 Å². The van der Waals surface area contributed by atoms with E-state index in [9.17, 15) is 23.1 Å².